The van der Waals surface area contributed by atoms with E-state index in [1.165, 1.54) is 0 Å². The van der Waals surface area contributed by atoms with E-state index in [1.54, 1.807) is 0 Å². The molecule has 6 nitrogen and oxygen atoms in total. The van der Waals surface area contributed by atoms with Crippen molar-refractivity contribution >= 4 is 45.5 Å². The van der Waals surface area contributed by atoms with Crippen molar-refractivity contribution in [2.75, 3.05) is 39.6 Å². The molecule has 0 bridgehead atoms. The summed E-state index contributed by atoms with van der Waals surface area (Å²) in [5, 5.41) is 0. The van der Waals surface area contributed by atoms with Crippen LogP contribution in [-0.4, -0.2) is 83.1 Å². The predicted molar refractivity (Wildman–Crippen MR) is 162 cm³/mol. The highest BCUT2D eigenvalue weighted by Crippen LogP contribution is 2.39. The third kappa shape index (κ3) is 13.6. The molecule has 0 aliphatic heterocycles. The quantitative estimate of drug-likeness (QED) is 0.126. The average Bonchev–Trinajstić information content (AvgIpc) is 2.72. The van der Waals surface area contributed by atoms with E-state index in [1.807, 2.05) is 41.5 Å². The smallest absolute Gasteiger partial charge is 0.374 e. The monoisotopic (exact) mass is 586 g/mol. The fourth-order valence-corrected chi connectivity index (χ4v) is 18.1. The van der Waals surface area contributed by atoms with Gasteiger partial charge in [0.2, 0.25) is 0 Å². The Balaban J connectivity index is 5.77. The maximum atomic E-state index is 6.18. The van der Waals surface area contributed by atoms with Crippen LogP contribution in [0.2, 0.25) is 51.4 Å². The van der Waals surface area contributed by atoms with Gasteiger partial charge in [-0.2, -0.15) is 11.8 Å². The van der Waals surface area contributed by atoms with Gasteiger partial charge >= 0.3 is 17.6 Å². The summed E-state index contributed by atoms with van der Waals surface area (Å²) in [6.07, 6.45) is 2.16. The Morgan fingerprint density at radius 3 is 0.857 bits per heavy atom. The van der Waals surface area contributed by atoms with Crippen molar-refractivity contribution in [1.82, 2.24) is 0 Å². The van der Waals surface area contributed by atoms with Crippen LogP contribution in [0.3, 0.4) is 0 Å². The molecule has 0 aliphatic rings. The highest BCUT2D eigenvalue weighted by Gasteiger charge is 2.45. The molecular formula is C24H58O6SSi4. The van der Waals surface area contributed by atoms with Crippen LogP contribution in [0.4, 0.5) is 0 Å². The largest absolute Gasteiger partial charge is 0.500 e. The minimum Gasteiger partial charge on any atom is -0.374 e. The summed E-state index contributed by atoms with van der Waals surface area (Å²) in [7, 11) is -8.21. The molecule has 0 aromatic heterocycles. The van der Waals surface area contributed by atoms with Crippen molar-refractivity contribution in [3.63, 3.8) is 0 Å². The van der Waals surface area contributed by atoms with Crippen LogP contribution in [0.25, 0.3) is 0 Å². The maximum Gasteiger partial charge on any atom is 0.500 e. The highest BCUT2D eigenvalue weighted by molar-refractivity contribution is 8.03. The lowest BCUT2D eigenvalue weighted by atomic mass is 10.5. The van der Waals surface area contributed by atoms with E-state index in [4.69, 9.17) is 26.6 Å². The molecule has 212 valence electrons. The number of rotatable bonds is 22. The van der Waals surface area contributed by atoms with Gasteiger partial charge in [0.05, 0.1) is 16.1 Å². The summed E-state index contributed by atoms with van der Waals surface area (Å²) in [4.78, 5) is 1.21. The molecule has 0 aliphatic carbocycles. The van der Waals surface area contributed by atoms with E-state index in [9.17, 15) is 0 Å². The first-order chi connectivity index (χ1) is 16.3. The lowest BCUT2D eigenvalue weighted by Gasteiger charge is -2.39. The van der Waals surface area contributed by atoms with Crippen LogP contribution in [-0.2, 0) is 26.6 Å². The zero-order valence-corrected chi connectivity index (χ0v) is 29.9. The minimum absolute atomic E-state index is 0.606. The van der Waals surface area contributed by atoms with Crippen LogP contribution in [0.1, 0.15) is 54.4 Å². The van der Waals surface area contributed by atoms with Crippen molar-refractivity contribution in [2.24, 2.45) is 0 Å². The minimum atomic E-state index is -2.65. The fourth-order valence-electron chi connectivity index (χ4n) is 4.23. The van der Waals surface area contributed by atoms with Crippen molar-refractivity contribution in [3.8, 4) is 0 Å². The third-order valence-electron chi connectivity index (χ3n) is 5.87. The van der Waals surface area contributed by atoms with Gasteiger partial charge in [-0.3, -0.25) is 0 Å². The molecule has 2 unspecified atom stereocenters. The maximum absolute atomic E-state index is 6.18. The van der Waals surface area contributed by atoms with Gasteiger partial charge in [-0.05, 0) is 64.1 Å². The highest BCUT2D eigenvalue weighted by atomic mass is 32.2. The number of hydrogen-bond acceptors (Lipinski definition) is 7. The Bertz CT molecular complexity index is 465. The van der Waals surface area contributed by atoms with E-state index < -0.39 is 33.8 Å². The first kappa shape index (κ1) is 36.0. The molecule has 0 spiro atoms. The fraction of sp³-hybridized carbons (Fsp3) is 1.00. The van der Waals surface area contributed by atoms with E-state index in [0.29, 0.717) is 49.4 Å². The molecule has 0 saturated heterocycles. The summed E-state index contributed by atoms with van der Waals surface area (Å²) in [5.74, 6) is 0. The van der Waals surface area contributed by atoms with Crippen molar-refractivity contribution in [3.05, 3.63) is 0 Å². The summed E-state index contributed by atoms with van der Waals surface area (Å²) in [6.45, 7) is 31.0. The first-order valence-electron chi connectivity index (χ1n) is 13.8. The molecular weight excluding hydrogens is 529 g/mol. The van der Waals surface area contributed by atoms with Crippen LogP contribution in [0.15, 0.2) is 0 Å². The molecule has 0 rings (SSSR count). The Morgan fingerprint density at radius 2 is 0.686 bits per heavy atom. The predicted octanol–water partition coefficient (Wildman–Crippen LogP) is 7.09. The van der Waals surface area contributed by atoms with Gasteiger partial charge in [-0.15, -0.1) is 0 Å². The van der Waals surface area contributed by atoms with E-state index in [0.717, 1.165) is 24.9 Å². The van der Waals surface area contributed by atoms with Crippen molar-refractivity contribution in [2.45, 2.75) is 116 Å². The lowest BCUT2D eigenvalue weighted by molar-refractivity contribution is 0.0703. The lowest BCUT2D eigenvalue weighted by Crippen LogP contribution is -2.50. The molecule has 0 radical (unpaired) electrons. The number of hydrogen-bond donors (Lipinski definition) is 0. The molecule has 0 N–H and O–H groups in total. The topological polar surface area (TPSA) is 55.4 Å². The summed E-state index contributed by atoms with van der Waals surface area (Å²) < 4.78 is 37.1. The molecule has 0 aromatic carbocycles. The van der Waals surface area contributed by atoms with Crippen LogP contribution in [0.5, 0.6) is 0 Å². The Labute approximate surface area is 226 Å². The first-order valence-corrected chi connectivity index (χ1v) is 25.7. The summed E-state index contributed by atoms with van der Waals surface area (Å²) >= 11 is 2.23. The number of thioether (sulfide) groups is 1. The molecule has 0 fully saturated rings. The summed E-state index contributed by atoms with van der Waals surface area (Å²) in [5.41, 5.74) is 0. The van der Waals surface area contributed by atoms with Gasteiger partial charge in [-0.1, -0.05) is 39.3 Å². The van der Waals surface area contributed by atoms with Crippen LogP contribution in [0, 0.1) is 0 Å². The van der Waals surface area contributed by atoms with E-state index in [-0.39, 0.29) is 0 Å². The van der Waals surface area contributed by atoms with Gasteiger partial charge in [0.25, 0.3) is 0 Å². The molecule has 35 heavy (non-hydrogen) atoms. The zero-order chi connectivity index (χ0) is 27.2. The molecule has 0 amide bonds. The third-order valence-corrected chi connectivity index (χ3v) is 22.7. The Morgan fingerprint density at radius 1 is 0.457 bits per heavy atom. The SMILES string of the molecule is CCO[Si](CCC(SC(CC[Si](OCC)(OCC)OCC)[Si](C)(C)C)[Si](C)(C)C)(OCC)OCC. The van der Waals surface area contributed by atoms with Gasteiger partial charge < -0.3 is 26.6 Å². The second-order valence-electron chi connectivity index (χ2n) is 10.9. The molecule has 0 heterocycles. The normalized spacial score (nSPS) is 15.4. The second-order valence-corrected chi connectivity index (χ2v) is 29.5. The van der Waals surface area contributed by atoms with Gasteiger partial charge in [-0.25, -0.2) is 0 Å². The van der Waals surface area contributed by atoms with Crippen molar-refractivity contribution in [1.29, 1.82) is 0 Å². The van der Waals surface area contributed by atoms with E-state index >= 15 is 0 Å². The summed E-state index contributed by atoms with van der Waals surface area (Å²) in [6, 6.07) is 1.77. The molecule has 0 aromatic rings. The molecule has 0 saturated carbocycles. The van der Waals surface area contributed by atoms with Gasteiger partial charge in [0.1, 0.15) is 0 Å². The average molecular weight is 587 g/mol. The molecule has 11 heteroatoms. The van der Waals surface area contributed by atoms with Crippen LogP contribution < -0.4 is 0 Å². The van der Waals surface area contributed by atoms with Gasteiger partial charge in [0, 0.05) is 51.7 Å². The Kier molecular flexibility index (Phi) is 18.0. The van der Waals surface area contributed by atoms with Crippen molar-refractivity contribution < 1.29 is 26.6 Å². The standard InChI is InChI=1S/C24H58O6SSi4/c1-13-25-34(26-14-2,27-15-3)21-19-23(32(7,8)9)31-24(33(10,11)12)20-22-35(28-16-4,29-17-5)30-18-6/h23-24H,13-22H2,1-12H3. The van der Waals surface area contributed by atoms with Gasteiger partial charge in [0.15, 0.2) is 0 Å². The zero-order valence-electron chi connectivity index (χ0n) is 25.1. The molecule has 2 atom stereocenters. The second kappa shape index (κ2) is 17.5. The Hall–Kier alpha value is 0.978. The van der Waals surface area contributed by atoms with E-state index in [2.05, 4.69) is 51.0 Å². The van der Waals surface area contributed by atoms with Crippen LogP contribution >= 0.6 is 11.8 Å².